The van der Waals surface area contributed by atoms with Crippen LogP contribution in [0.25, 0.3) is 0 Å². The summed E-state index contributed by atoms with van der Waals surface area (Å²) in [7, 11) is 0. The number of halogens is 2. The van der Waals surface area contributed by atoms with E-state index in [1.807, 2.05) is 45.0 Å². The van der Waals surface area contributed by atoms with Crippen LogP contribution in [0.3, 0.4) is 0 Å². The number of benzene rings is 2. The molecule has 0 spiro atoms. The molecule has 174 valence electrons. The first-order valence-corrected chi connectivity index (χ1v) is 11.6. The third-order valence-electron chi connectivity index (χ3n) is 5.12. The third kappa shape index (κ3) is 7.14. The van der Waals surface area contributed by atoms with Crippen molar-refractivity contribution in [3.8, 4) is 5.75 Å². The SMILES string of the molecule is CC[C@H](C(=O)NC(C)C)N(Cc1c(Cl)cccc1Cl)C(=O)COc1ccc(C(C)C)cc1. The number of hydrogen-bond donors (Lipinski definition) is 1. The molecule has 0 aliphatic carbocycles. The maximum atomic E-state index is 13.2. The van der Waals surface area contributed by atoms with Crippen LogP contribution in [0.2, 0.25) is 10.0 Å². The second-order valence-electron chi connectivity index (χ2n) is 8.32. The predicted molar refractivity (Wildman–Crippen MR) is 130 cm³/mol. The van der Waals surface area contributed by atoms with Crippen molar-refractivity contribution < 1.29 is 14.3 Å². The van der Waals surface area contributed by atoms with Gasteiger partial charge in [0.25, 0.3) is 5.91 Å². The van der Waals surface area contributed by atoms with Crippen molar-refractivity contribution in [3.05, 3.63) is 63.6 Å². The van der Waals surface area contributed by atoms with E-state index in [1.54, 1.807) is 18.2 Å². The molecule has 0 saturated heterocycles. The Morgan fingerprint density at radius 1 is 1.00 bits per heavy atom. The average Bonchev–Trinajstić information content (AvgIpc) is 2.73. The average molecular weight is 479 g/mol. The number of rotatable bonds is 10. The first-order chi connectivity index (χ1) is 15.1. The van der Waals surface area contributed by atoms with E-state index in [2.05, 4.69) is 19.2 Å². The molecule has 2 amide bonds. The van der Waals surface area contributed by atoms with Gasteiger partial charge in [-0.25, -0.2) is 0 Å². The highest BCUT2D eigenvalue weighted by Gasteiger charge is 2.30. The summed E-state index contributed by atoms with van der Waals surface area (Å²) in [4.78, 5) is 27.6. The molecule has 5 nitrogen and oxygen atoms in total. The van der Waals surface area contributed by atoms with Crippen LogP contribution in [-0.4, -0.2) is 35.4 Å². The number of nitrogens with one attached hydrogen (secondary N) is 1. The lowest BCUT2D eigenvalue weighted by atomic mass is 10.0. The van der Waals surface area contributed by atoms with Crippen LogP contribution in [0.1, 0.15) is 58.1 Å². The molecule has 2 aromatic carbocycles. The minimum Gasteiger partial charge on any atom is -0.484 e. The lowest BCUT2D eigenvalue weighted by Gasteiger charge is -2.31. The Bertz CT molecular complexity index is 894. The zero-order chi connectivity index (χ0) is 23.8. The van der Waals surface area contributed by atoms with Crippen LogP contribution < -0.4 is 10.1 Å². The zero-order valence-corrected chi connectivity index (χ0v) is 20.8. The molecule has 0 unspecified atom stereocenters. The van der Waals surface area contributed by atoms with Crippen molar-refractivity contribution >= 4 is 35.0 Å². The minimum absolute atomic E-state index is 0.0480. The van der Waals surface area contributed by atoms with Crippen LogP contribution in [0.15, 0.2) is 42.5 Å². The van der Waals surface area contributed by atoms with Gasteiger partial charge in [0, 0.05) is 28.2 Å². The number of carbonyl (C=O) groups is 2. The Balaban J connectivity index is 2.25. The number of amides is 2. The summed E-state index contributed by atoms with van der Waals surface area (Å²) in [6.07, 6.45) is 0.440. The molecule has 0 saturated carbocycles. The molecule has 2 aromatic rings. The van der Waals surface area contributed by atoms with E-state index < -0.39 is 6.04 Å². The number of nitrogens with zero attached hydrogens (tertiary/aromatic N) is 1. The number of ether oxygens (including phenoxy) is 1. The highest BCUT2D eigenvalue weighted by molar-refractivity contribution is 6.36. The van der Waals surface area contributed by atoms with E-state index in [-0.39, 0.29) is 31.0 Å². The smallest absolute Gasteiger partial charge is 0.261 e. The lowest BCUT2D eigenvalue weighted by Crippen LogP contribution is -2.51. The van der Waals surface area contributed by atoms with Crippen molar-refractivity contribution in [2.45, 2.75) is 65.6 Å². The van der Waals surface area contributed by atoms with E-state index in [9.17, 15) is 9.59 Å². The van der Waals surface area contributed by atoms with Gasteiger partial charge in [-0.15, -0.1) is 0 Å². The van der Waals surface area contributed by atoms with E-state index in [0.717, 1.165) is 0 Å². The molecule has 1 atom stereocenters. The highest BCUT2D eigenvalue weighted by Crippen LogP contribution is 2.27. The monoisotopic (exact) mass is 478 g/mol. The number of carbonyl (C=O) groups excluding carboxylic acids is 2. The van der Waals surface area contributed by atoms with Crippen LogP contribution >= 0.6 is 23.2 Å². The summed E-state index contributed by atoms with van der Waals surface area (Å²) in [6.45, 7) is 9.77. The highest BCUT2D eigenvalue weighted by atomic mass is 35.5. The van der Waals surface area contributed by atoms with Crippen LogP contribution in [0.5, 0.6) is 5.75 Å². The van der Waals surface area contributed by atoms with Gasteiger partial charge in [-0.1, -0.05) is 62.2 Å². The van der Waals surface area contributed by atoms with E-state index in [4.69, 9.17) is 27.9 Å². The Hall–Kier alpha value is -2.24. The van der Waals surface area contributed by atoms with Gasteiger partial charge in [-0.05, 0) is 56.0 Å². The maximum Gasteiger partial charge on any atom is 0.261 e. The van der Waals surface area contributed by atoms with Crippen LogP contribution in [0.4, 0.5) is 0 Å². The molecule has 0 fully saturated rings. The first-order valence-electron chi connectivity index (χ1n) is 10.9. The summed E-state index contributed by atoms with van der Waals surface area (Å²) >= 11 is 12.7. The summed E-state index contributed by atoms with van der Waals surface area (Å²) < 4.78 is 5.75. The Morgan fingerprint density at radius 3 is 2.09 bits per heavy atom. The van der Waals surface area contributed by atoms with Gasteiger partial charge >= 0.3 is 0 Å². The van der Waals surface area contributed by atoms with E-state index in [1.165, 1.54) is 10.5 Å². The van der Waals surface area contributed by atoms with Crippen LogP contribution in [-0.2, 0) is 16.1 Å². The van der Waals surface area contributed by atoms with E-state index in [0.29, 0.717) is 33.7 Å². The van der Waals surface area contributed by atoms with Crippen molar-refractivity contribution in [2.24, 2.45) is 0 Å². The van der Waals surface area contributed by atoms with Gasteiger partial charge in [0.15, 0.2) is 6.61 Å². The largest absolute Gasteiger partial charge is 0.484 e. The topological polar surface area (TPSA) is 58.6 Å². The lowest BCUT2D eigenvalue weighted by molar-refractivity contribution is -0.143. The molecule has 0 bridgehead atoms. The van der Waals surface area contributed by atoms with E-state index >= 15 is 0 Å². The van der Waals surface area contributed by atoms with Gasteiger partial charge in [0.05, 0.1) is 0 Å². The van der Waals surface area contributed by atoms with Crippen molar-refractivity contribution in [1.29, 1.82) is 0 Å². The summed E-state index contributed by atoms with van der Waals surface area (Å²) in [6, 6.07) is 12.1. The Labute approximate surface area is 201 Å². The van der Waals surface area contributed by atoms with Crippen LogP contribution in [0, 0.1) is 0 Å². The molecule has 1 N–H and O–H groups in total. The van der Waals surface area contributed by atoms with Gasteiger partial charge in [0.2, 0.25) is 5.91 Å². The van der Waals surface area contributed by atoms with Gasteiger partial charge in [0.1, 0.15) is 11.8 Å². The van der Waals surface area contributed by atoms with Crippen molar-refractivity contribution in [3.63, 3.8) is 0 Å². The molecule has 7 heteroatoms. The zero-order valence-electron chi connectivity index (χ0n) is 19.3. The fraction of sp³-hybridized carbons (Fsp3) is 0.440. The van der Waals surface area contributed by atoms with Crippen molar-refractivity contribution in [1.82, 2.24) is 10.2 Å². The molecule has 2 rings (SSSR count). The number of hydrogen-bond acceptors (Lipinski definition) is 3. The first kappa shape index (κ1) is 26.0. The second kappa shape index (κ2) is 12.1. The minimum atomic E-state index is -0.677. The molecular formula is C25H32Cl2N2O3. The van der Waals surface area contributed by atoms with Gasteiger partial charge < -0.3 is 15.0 Å². The normalized spacial score (nSPS) is 12.0. The fourth-order valence-corrected chi connectivity index (χ4v) is 3.85. The predicted octanol–water partition coefficient (Wildman–Crippen LogP) is 5.83. The molecule has 0 aromatic heterocycles. The summed E-state index contributed by atoms with van der Waals surface area (Å²) in [5.74, 6) is 0.462. The van der Waals surface area contributed by atoms with Gasteiger partial charge in [-0.2, -0.15) is 0 Å². The molecule has 0 radical (unpaired) electrons. The molecule has 32 heavy (non-hydrogen) atoms. The molecular weight excluding hydrogens is 447 g/mol. The summed E-state index contributed by atoms with van der Waals surface area (Å²) in [5, 5.41) is 3.78. The Morgan fingerprint density at radius 2 is 1.59 bits per heavy atom. The molecule has 0 aliphatic heterocycles. The van der Waals surface area contributed by atoms with Gasteiger partial charge in [-0.3, -0.25) is 9.59 Å². The standard InChI is InChI=1S/C25H32Cl2N2O3/c1-6-23(25(31)28-17(4)5)29(14-20-21(26)8-7-9-22(20)27)24(30)15-32-19-12-10-18(11-13-19)16(2)3/h7-13,16-17,23H,6,14-15H2,1-5H3,(H,28,31)/t23-/m1/s1. The maximum absolute atomic E-state index is 13.2. The quantitative estimate of drug-likeness (QED) is 0.467. The summed E-state index contributed by atoms with van der Waals surface area (Å²) in [5.41, 5.74) is 1.79. The second-order valence-corrected chi connectivity index (χ2v) is 9.14. The van der Waals surface area contributed by atoms with Crippen molar-refractivity contribution in [2.75, 3.05) is 6.61 Å². The Kier molecular flexibility index (Phi) is 9.85. The molecule has 0 heterocycles. The third-order valence-corrected chi connectivity index (χ3v) is 5.82. The fourth-order valence-electron chi connectivity index (χ4n) is 3.33. The molecule has 0 aliphatic rings.